The van der Waals surface area contributed by atoms with Gasteiger partial charge in [0.2, 0.25) is 0 Å². The van der Waals surface area contributed by atoms with Gasteiger partial charge in [-0.2, -0.15) is 13.2 Å². The predicted molar refractivity (Wildman–Crippen MR) is 88.0 cm³/mol. The van der Waals surface area contributed by atoms with E-state index in [-0.39, 0.29) is 6.04 Å². The summed E-state index contributed by atoms with van der Waals surface area (Å²) in [7, 11) is 0. The fourth-order valence-electron chi connectivity index (χ4n) is 3.49. The summed E-state index contributed by atoms with van der Waals surface area (Å²) >= 11 is 0. The number of benzene rings is 2. The quantitative estimate of drug-likeness (QED) is 0.663. The molecule has 0 spiro atoms. The number of H-pyrrole nitrogens is 1. The van der Waals surface area contributed by atoms with E-state index in [4.69, 9.17) is 0 Å². The Bertz CT molecular complexity index is 891. The van der Waals surface area contributed by atoms with Gasteiger partial charge in [0.05, 0.1) is 11.6 Å². The summed E-state index contributed by atoms with van der Waals surface area (Å²) in [5.74, 6) is 0. The van der Waals surface area contributed by atoms with Crippen LogP contribution in [0.25, 0.3) is 10.9 Å². The molecule has 0 fully saturated rings. The van der Waals surface area contributed by atoms with E-state index in [9.17, 15) is 13.2 Å². The van der Waals surface area contributed by atoms with Crippen LogP contribution in [-0.2, 0) is 12.6 Å². The molecule has 1 atom stereocenters. The molecule has 1 aromatic heterocycles. The van der Waals surface area contributed by atoms with Crippen molar-refractivity contribution in [1.82, 2.24) is 10.3 Å². The van der Waals surface area contributed by atoms with Crippen molar-refractivity contribution in [1.29, 1.82) is 0 Å². The van der Waals surface area contributed by atoms with Crippen LogP contribution in [0.5, 0.6) is 0 Å². The van der Waals surface area contributed by atoms with Gasteiger partial charge in [0, 0.05) is 23.1 Å². The maximum Gasteiger partial charge on any atom is 0.416 e. The van der Waals surface area contributed by atoms with Gasteiger partial charge in [-0.05, 0) is 48.7 Å². The number of fused-ring (bicyclic) bond motifs is 3. The third-order valence-electron chi connectivity index (χ3n) is 4.68. The van der Waals surface area contributed by atoms with E-state index in [0.29, 0.717) is 0 Å². The number of aromatic amines is 1. The molecule has 3 aromatic rings. The zero-order valence-corrected chi connectivity index (χ0v) is 13.2. The molecule has 1 unspecified atom stereocenters. The number of halogens is 3. The van der Waals surface area contributed by atoms with Crippen molar-refractivity contribution in [3.63, 3.8) is 0 Å². The first-order valence-corrected chi connectivity index (χ1v) is 7.95. The van der Waals surface area contributed by atoms with Crippen molar-refractivity contribution in [2.75, 3.05) is 6.54 Å². The number of aryl methyl sites for hydroxylation is 1. The summed E-state index contributed by atoms with van der Waals surface area (Å²) in [6, 6.07) is 11.6. The lowest BCUT2D eigenvalue weighted by Crippen LogP contribution is -2.30. The molecule has 2 N–H and O–H groups in total. The summed E-state index contributed by atoms with van der Waals surface area (Å²) in [5, 5.41) is 4.62. The van der Waals surface area contributed by atoms with E-state index in [1.54, 1.807) is 12.1 Å². The Morgan fingerprint density at radius 2 is 1.79 bits per heavy atom. The molecule has 0 amide bonds. The van der Waals surface area contributed by atoms with Crippen LogP contribution in [-0.4, -0.2) is 11.5 Å². The van der Waals surface area contributed by atoms with Crippen molar-refractivity contribution in [2.45, 2.75) is 25.6 Å². The molecular weight excluding hydrogens is 313 g/mol. The molecule has 124 valence electrons. The van der Waals surface area contributed by atoms with Gasteiger partial charge in [0.25, 0.3) is 0 Å². The van der Waals surface area contributed by atoms with Crippen LogP contribution in [0.2, 0.25) is 0 Å². The first-order chi connectivity index (χ1) is 11.4. The van der Waals surface area contributed by atoms with E-state index in [0.717, 1.165) is 41.9 Å². The number of alkyl halides is 3. The zero-order valence-electron chi connectivity index (χ0n) is 13.2. The van der Waals surface area contributed by atoms with Crippen molar-refractivity contribution >= 4 is 10.9 Å². The summed E-state index contributed by atoms with van der Waals surface area (Å²) in [6.07, 6.45) is -3.39. The molecule has 2 aromatic carbocycles. The molecule has 2 heterocycles. The molecule has 1 aliphatic rings. The van der Waals surface area contributed by atoms with Gasteiger partial charge in [0.1, 0.15) is 0 Å². The van der Waals surface area contributed by atoms with E-state index >= 15 is 0 Å². The first-order valence-electron chi connectivity index (χ1n) is 7.95. The third kappa shape index (κ3) is 2.49. The van der Waals surface area contributed by atoms with Gasteiger partial charge in [-0.15, -0.1) is 0 Å². The van der Waals surface area contributed by atoms with Gasteiger partial charge in [-0.3, -0.25) is 0 Å². The number of aromatic nitrogens is 1. The summed E-state index contributed by atoms with van der Waals surface area (Å²) < 4.78 is 38.3. The van der Waals surface area contributed by atoms with Crippen LogP contribution in [0.3, 0.4) is 0 Å². The van der Waals surface area contributed by atoms with Crippen LogP contribution in [0.1, 0.15) is 34.0 Å². The zero-order chi connectivity index (χ0) is 16.9. The van der Waals surface area contributed by atoms with Crippen molar-refractivity contribution in [3.05, 3.63) is 70.4 Å². The molecule has 1 aliphatic heterocycles. The maximum atomic E-state index is 12.8. The summed E-state index contributed by atoms with van der Waals surface area (Å²) in [5.41, 5.74) is 4.82. The summed E-state index contributed by atoms with van der Waals surface area (Å²) in [6.45, 7) is 2.87. The largest absolute Gasteiger partial charge is 0.416 e. The molecule has 0 aliphatic carbocycles. The highest BCUT2D eigenvalue weighted by atomic mass is 19.4. The Labute approximate surface area is 137 Å². The molecule has 4 rings (SSSR count). The van der Waals surface area contributed by atoms with Gasteiger partial charge < -0.3 is 10.3 Å². The number of rotatable bonds is 1. The highest BCUT2D eigenvalue weighted by Gasteiger charge is 2.31. The lowest BCUT2D eigenvalue weighted by atomic mass is 9.93. The third-order valence-corrected chi connectivity index (χ3v) is 4.68. The molecule has 2 nitrogen and oxygen atoms in total. The van der Waals surface area contributed by atoms with E-state index < -0.39 is 11.7 Å². The molecule has 5 heteroatoms. The van der Waals surface area contributed by atoms with Crippen LogP contribution < -0.4 is 5.32 Å². The van der Waals surface area contributed by atoms with Crippen LogP contribution in [0, 0.1) is 6.92 Å². The van der Waals surface area contributed by atoms with E-state index in [1.807, 2.05) is 0 Å². The summed E-state index contributed by atoms with van der Waals surface area (Å²) in [4.78, 5) is 3.45. The lowest BCUT2D eigenvalue weighted by molar-refractivity contribution is -0.137. The Kier molecular flexibility index (Phi) is 3.42. The van der Waals surface area contributed by atoms with Crippen molar-refractivity contribution < 1.29 is 13.2 Å². The molecule has 0 saturated heterocycles. The predicted octanol–water partition coefficient (Wildman–Crippen LogP) is 4.73. The average molecular weight is 330 g/mol. The normalized spacial score (nSPS) is 17.9. The molecule has 0 bridgehead atoms. The standard InChI is InChI=1S/C19H17F3N2/c1-11-2-7-16-15(10-11)14-8-9-23-17(18(14)24-16)12-3-5-13(6-4-12)19(20,21)22/h2-7,10,17,23-24H,8-9H2,1H3. The molecule has 24 heavy (non-hydrogen) atoms. The number of hydrogen-bond acceptors (Lipinski definition) is 1. The minimum absolute atomic E-state index is 0.108. The maximum absolute atomic E-state index is 12.8. The fraction of sp³-hybridized carbons (Fsp3) is 0.263. The highest BCUT2D eigenvalue weighted by molar-refractivity contribution is 5.86. The average Bonchev–Trinajstić information content (AvgIpc) is 2.92. The second-order valence-corrected chi connectivity index (χ2v) is 6.32. The fourth-order valence-corrected chi connectivity index (χ4v) is 3.49. The van der Waals surface area contributed by atoms with Gasteiger partial charge in [-0.1, -0.05) is 23.8 Å². The van der Waals surface area contributed by atoms with Crippen LogP contribution in [0.4, 0.5) is 13.2 Å². The van der Waals surface area contributed by atoms with Crippen molar-refractivity contribution in [3.8, 4) is 0 Å². The monoisotopic (exact) mass is 330 g/mol. The SMILES string of the molecule is Cc1ccc2[nH]c3c(c2c1)CCNC3c1ccc(C(F)(F)F)cc1. The number of hydrogen-bond donors (Lipinski definition) is 2. The van der Waals surface area contributed by atoms with Gasteiger partial charge >= 0.3 is 6.18 Å². The Morgan fingerprint density at radius 3 is 2.50 bits per heavy atom. The molecule has 0 saturated carbocycles. The van der Waals surface area contributed by atoms with E-state index in [1.165, 1.54) is 16.5 Å². The van der Waals surface area contributed by atoms with Gasteiger partial charge in [-0.25, -0.2) is 0 Å². The Hall–Kier alpha value is -2.27. The molecular formula is C19H17F3N2. The van der Waals surface area contributed by atoms with E-state index in [2.05, 4.69) is 35.4 Å². The minimum Gasteiger partial charge on any atom is -0.357 e. The second kappa shape index (κ2) is 5.38. The smallest absolute Gasteiger partial charge is 0.357 e. The van der Waals surface area contributed by atoms with Crippen LogP contribution in [0.15, 0.2) is 42.5 Å². The minimum atomic E-state index is -4.30. The number of nitrogens with one attached hydrogen (secondary N) is 2. The van der Waals surface area contributed by atoms with Crippen LogP contribution >= 0.6 is 0 Å². The Morgan fingerprint density at radius 1 is 1.04 bits per heavy atom. The van der Waals surface area contributed by atoms with Gasteiger partial charge in [0.15, 0.2) is 0 Å². The topological polar surface area (TPSA) is 27.8 Å². The Balaban J connectivity index is 1.78. The molecule has 0 radical (unpaired) electrons. The second-order valence-electron chi connectivity index (χ2n) is 6.32. The highest BCUT2D eigenvalue weighted by Crippen LogP contribution is 2.35. The first kappa shape index (κ1) is 15.3. The lowest BCUT2D eigenvalue weighted by Gasteiger charge is -2.25. The van der Waals surface area contributed by atoms with Crippen molar-refractivity contribution in [2.24, 2.45) is 0 Å².